The van der Waals surface area contributed by atoms with Gasteiger partial charge in [-0.05, 0) is 44.2 Å². The molecule has 0 saturated heterocycles. The topological polar surface area (TPSA) is 52.6 Å². The molecule has 5 heteroatoms. The molecule has 0 saturated carbocycles. The second-order valence-corrected chi connectivity index (χ2v) is 8.14. The average Bonchev–Trinajstić information content (AvgIpc) is 2.44. The standard InChI is InChI=1S/C18H26O4S/c1-12(2)17-8-6-7-16(22-17)11-21-23(19,20)18-14(4)9-13(3)10-15(18)5/h6-7,9-10,12,16-17H,8,11H2,1-5H3/t16-,17-/m1/s1. The molecule has 0 unspecified atom stereocenters. The second kappa shape index (κ2) is 7.16. The molecule has 1 heterocycles. The Kier molecular flexibility index (Phi) is 5.65. The number of rotatable bonds is 5. The van der Waals surface area contributed by atoms with Crippen LogP contribution in [0.2, 0.25) is 0 Å². The van der Waals surface area contributed by atoms with Gasteiger partial charge in [-0.25, -0.2) is 0 Å². The summed E-state index contributed by atoms with van der Waals surface area (Å²) in [6, 6.07) is 3.71. The minimum atomic E-state index is -3.79. The third-order valence-corrected chi connectivity index (χ3v) is 5.64. The van der Waals surface area contributed by atoms with Gasteiger partial charge >= 0.3 is 0 Å². The number of hydrogen-bond donors (Lipinski definition) is 0. The minimum absolute atomic E-state index is 0.00874. The predicted octanol–water partition coefficient (Wildman–Crippen LogP) is 3.69. The van der Waals surface area contributed by atoms with Gasteiger partial charge in [0, 0.05) is 0 Å². The molecule has 0 amide bonds. The van der Waals surface area contributed by atoms with Crippen LogP contribution in [0.3, 0.4) is 0 Å². The molecule has 0 radical (unpaired) electrons. The highest BCUT2D eigenvalue weighted by molar-refractivity contribution is 7.86. The van der Waals surface area contributed by atoms with Crippen LogP contribution in [0.4, 0.5) is 0 Å². The largest absolute Gasteiger partial charge is 0.368 e. The Labute approximate surface area is 139 Å². The maximum atomic E-state index is 12.5. The van der Waals surface area contributed by atoms with E-state index in [1.807, 2.05) is 31.2 Å². The van der Waals surface area contributed by atoms with Gasteiger partial charge in [-0.2, -0.15) is 8.42 Å². The smallest absolute Gasteiger partial charge is 0.297 e. The normalized spacial score (nSPS) is 21.8. The van der Waals surface area contributed by atoms with Crippen LogP contribution in [0.15, 0.2) is 29.2 Å². The Balaban J connectivity index is 2.11. The molecule has 2 rings (SSSR count). The first-order valence-corrected chi connectivity index (χ1v) is 9.41. The van der Waals surface area contributed by atoms with E-state index in [0.717, 1.165) is 12.0 Å². The van der Waals surface area contributed by atoms with E-state index in [4.69, 9.17) is 8.92 Å². The van der Waals surface area contributed by atoms with E-state index < -0.39 is 10.1 Å². The average molecular weight is 338 g/mol. The third kappa shape index (κ3) is 4.43. The van der Waals surface area contributed by atoms with Gasteiger partial charge in [-0.15, -0.1) is 0 Å². The first-order chi connectivity index (χ1) is 10.7. The Morgan fingerprint density at radius 3 is 2.39 bits per heavy atom. The summed E-state index contributed by atoms with van der Waals surface area (Å²) in [5, 5.41) is 0. The number of hydrogen-bond acceptors (Lipinski definition) is 4. The molecule has 0 bridgehead atoms. The van der Waals surface area contributed by atoms with Gasteiger partial charge in [-0.3, -0.25) is 4.18 Å². The van der Waals surface area contributed by atoms with Crippen LogP contribution in [0.25, 0.3) is 0 Å². The van der Waals surface area contributed by atoms with Crippen molar-refractivity contribution in [3.8, 4) is 0 Å². The summed E-state index contributed by atoms with van der Waals surface area (Å²) in [5.41, 5.74) is 2.46. The van der Waals surface area contributed by atoms with Crippen LogP contribution in [-0.2, 0) is 19.0 Å². The summed E-state index contributed by atoms with van der Waals surface area (Å²) in [5.74, 6) is 0.389. The van der Waals surface area contributed by atoms with E-state index in [9.17, 15) is 8.42 Å². The highest BCUT2D eigenvalue weighted by Gasteiger charge is 2.25. The fourth-order valence-electron chi connectivity index (χ4n) is 2.99. The molecule has 128 valence electrons. The lowest BCUT2D eigenvalue weighted by atomic mass is 10.0. The molecule has 0 spiro atoms. The maximum absolute atomic E-state index is 12.5. The third-order valence-electron chi connectivity index (χ3n) is 4.05. The molecule has 0 fully saturated rings. The first-order valence-electron chi connectivity index (χ1n) is 8.00. The van der Waals surface area contributed by atoms with Gasteiger partial charge in [-0.1, -0.05) is 43.7 Å². The van der Waals surface area contributed by atoms with Crippen molar-refractivity contribution in [3.63, 3.8) is 0 Å². The maximum Gasteiger partial charge on any atom is 0.297 e. The van der Waals surface area contributed by atoms with E-state index in [1.54, 1.807) is 13.8 Å². The summed E-state index contributed by atoms with van der Waals surface area (Å²) in [6.07, 6.45) is 4.56. The van der Waals surface area contributed by atoms with Gasteiger partial charge in [0.05, 0.1) is 17.6 Å². The van der Waals surface area contributed by atoms with E-state index in [2.05, 4.69) is 13.8 Å². The molecule has 2 atom stereocenters. The van der Waals surface area contributed by atoms with E-state index in [1.165, 1.54) is 0 Å². The van der Waals surface area contributed by atoms with Crippen molar-refractivity contribution in [2.45, 2.75) is 58.1 Å². The van der Waals surface area contributed by atoms with Crippen LogP contribution >= 0.6 is 0 Å². The number of ether oxygens (including phenoxy) is 1. The monoisotopic (exact) mass is 338 g/mol. The van der Waals surface area contributed by atoms with Gasteiger partial charge in [0.1, 0.15) is 6.10 Å². The molecule has 23 heavy (non-hydrogen) atoms. The fraction of sp³-hybridized carbons (Fsp3) is 0.556. The summed E-state index contributed by atoms with van der Waals surface area (Å²) in [4.78, 5) is 0.267. The van der Waals surface area contributed by atoms with Gasteiger partial charge in [0.2, 0.25) is 0 Å². The summed E-state index contributed by atoms with van der Waals surface area (Å²) < 4.78 is 36.2. The zero-order valence-electron chi connectivity index (χ0n) is 14.5. The van der Waals surface area contributed by atoms with Crippen molar-refractivity contribution in [2.75, 3.05) is 6.61 Å². The molecule has 1 aliphatic heterocycles. The summed E-state index contributed by atoms with van der Waals surface area (Å²) in [6.45, 7) is 9.73. The van der Waals surface area contributed by atoms with Crippen molar-refractivity contribution in [2.24, 2.45) is 5.92 Å². The lowest BCUT2D eigenvalue weighted by molar-refractivity contribution is -0.0360. The number of aryl methyl sites for hydroxylation is 3. The molecule has 4 nitrogen and oxygen atoms in total. The lowest BCUT2D eigenvalue weighted by Gasteiger charge is -2.28. The van der Waals surface area contributed by atoms with E-state index >= 15 is 0 Å². The van der Waals surface area contributed by atoms with Crippen LogP contribution in [0.1, 0.15) is 37.0 Å². The Morgan fingerprint density at radius 2 is 1.83 bits per heavy atom. The summed E-state index contributed by atoms with van der Waals surface area (Å²) >= 11 is 0. The molecule has 1 aromatic carbocycles. The fourth-order valence-corrected chi connectivity index (χ4v) is 4.33. The van der Waals surface area contributed by atoms with Crippen molar-refractivity contribution < 1.29 is 17.3 Å². The lowest BCUT2D eigenvalue weighted by Crippen LogP contribution is -2.31. The predicted molar refractivity (Wildman–Crippen MR) is 91.0 cm³/mol. The molecule has 0 aliphatic carbocycles. The first kappa shape index (κ1) is 18.2. The molecular weight excluding hydrogens is 312 g/mol. The Bertz CT molecular complexity index is 666. The van der Waals surface area contributed by atoms with Crippen molar-refractivity contribution in [1.82, 2.24) is 0 Å². The minimum Gasteiger partial charge on any atom is -0.368 e. The number of benzene rings is 1. The molecule has 1 aromatic rings. The Morgan fingerprint density at radius 1 is 1.22 bits per heavy atom. The van der Waals surface area contributed by atoms with Gasteiger partial charge < -0.3 is 4.74 Å². The molecular formula is C18H26O4S. The highest BCUT2D eigenvalue weighted by atomic mass is 32.2. The Hall–Kier alpha value is -1.17. The SMILES string of the molecule is Cc1cc(C)c(S(=O)(=O)OC[C@H]2C=CC[C@H](C(C)C)O2)c(C)c1. The van der Waals surface area contributed by atoms with Crippen LogP contribution in [0, 0.1) is 26.7 Å². The zero-order chi connectivity index (χ0) is 17.2. The van der Waals surface area contributed by atoms with Crippen molar-refractivity contribution >= 4 is 10.1 Å². The molecule has 1 aliphatic rings. The van der Waals surface area contributed by atoms with Crippen LogP contribution in [-0.4, -0.2) is 27.2 Å². The van der Waals surface area contributed by atoms with Crippen LogP contribution < -0.4 is 0 Å². The van der Waals surface area contributed by atoms with Gasteiger partial charge in [0.15, 0.2) is 0 Å². The van der Waals surface area contributed by atoms with Gasteiger partial charge in [0.25, 0.3) is 10.1 Å². The van der Waals surface area contributed by atoms with E-state index in [0.29, 0.717) is 17.0 Å². The van der Waals surface area contributed by atoms with Crippen LogP contribution in [0.5, 0.6) is 0 Å². The molecule has 0 aromatic heterocycles. The van der Waals surface area contributed by atoms with Crippen molar-refractivity contribution in [1.29, 1.82) is 0 Å². The highest BCUT2D eigenvalue weighted by Crippen LogP contribution is 2.25. The zero-order valence-corrected chi connectivity index (χ0v) is 15.3. The molecule has 0 N–H and O–H groups in total. The quantitative estimate of drug-likeness (QED) is 0.607. The summed E-state index contributed by atoms with van der Waals surface area (Å²) in [7, 11) is -3.79. The van der Waals surface area contributed by atoms with E-state index in [-0.39, 0.29) is 23.7 Å². The second-order valence-electron chi connectivity index (χ2n) is 6.59. The van der Waals surface area contributed by atoms with Crippen molar-refractivity contribution in [3.05, 3.63) is 41.0 Å².